The number of rotatable bonds is 3. The molecule has 0 aromatic carbocycles. The molecule has 0 amide bonds. The van der Waals surface area contributed by atoms with Gasteiger partial charge in [-0.25, -0.2) is 15.0 Å². The zero-order valence-electron chi connectivity index (χ0n) is 14.4. The molecule has 2 aromatic heterocycles. The molecule has 5 heterocycles. The van der Waals surface area contributed by atoms with E-state index < -0.39 is 10.8 Å². The fraction of sp³-hybridized carbons (Fsp3) is 0.529. The van der Waals surface area contributed by atoms with E-state index in [4.69, 9.17) is 15.7 Å². The third kappa shape index (κ3) is 2.80. The van der Waals surface area contributed by atoms with Gasteiger partial charge in [0.1, 0.15) is 5.82 Å². The second kappa shape index (κ2) is 6.15. The van der Waals surface area contributed by atoms with Crippen LogP contribution in [0.2, 0.25) is 0 Å². The lowest BCUT2D eigenvalue weighted by molar-refractivity contribution is 0.380. The summed E-state index contributed by atoms with van der Waals surface area (Å²) in [6.07, 6.45) is 5.90. The highest BCUT2D eigenvalue weighted by molar-refractivity contribution is 7.85. The van der Waals surface area contributed by atoms with Gasteiger partial charge in [-0.15, -0.1) is 0 Å². The van der Waals surface area contributed by atoms with E-state index in [1.54, 1.807) is 12.4 Å². The van der Waals surface area contributed by atoms with Gasteiger partial charge in [0.2, 0.25) is 11.9 Å². The molecule has 4 fully saturated rings. The van der Waals surface area contributed by atoms with E-state index in [2.05, 4.69) is 19.8 Å². The van der Waals surface area contributed by atoms with Crippen LogP contribution in [0.15, 0.2) is 18.5 Å². The van der Waals surface area contributed by atoms with Crippen LogP contribution in [0.3, 0.4) is 0 Å². The van der Waals surface area contributed by atoms with Crippen molar-refractivity contribution >= 4 is 28.5 Å². The molecule has 0 radical (unpaired) electrons. The van der Waals surface area contributed by atoms with Gasteiger partial charge in [-0.3, -0.25) is 4.21 Å². The van der Waals surface area contributed by atoms with Crippen molar-refractivity contribution in [2.24, 2.45) is 5.92 Å². The molecule has 9 heteroatoms. The van der Waals surface area contributed by atoms with Crippen LogP contribution in [-0.2, 0) is 10.8 Å². The first kappa shape index (κ1) is 15.9. The summed E-state index contributed by atoms with van der Waals surface area (Å²) < 4.78 is 11.7. The smallest absolute Gasteiger partial charge is 0.228 e. The Morgan fingerprint density at radius 3 is 2.50 bits per heavy atom. The predicted molar refractivity (Wildman–Crippen MR) is 101 cm³/mol. The maximum absolute atomic E-state index is 11.7. The molecule has 3 aliphatic heterocycles. The Balaban J connectivity index is 1.54. The van der Waals surface area contributed by atoms with Crippen molar-refractivity contribution in [2.45, 2.75) is 18.9 Å². The average molecular weight is 371 g/mol. The van der Waals surface area contributed by atoms with Gasteiger partial charge >= 0.3 is 0 Å². The first-order valence-electron chi connectivity index (χ1n) is 8.99. The van der Waals surface area contributed by atoms with E-state index in [9.17, 15) is 4.21 Å². The molecule has 3 saturated heterocycles. The molecule has 2 N–H and O–H groups in total. The number of fused-ring (bicyclic) bond motifs is 1. The van der Waals surface area contributed by atoms with Crippen LogP contribution in [-0.4, -0.2) is 61.3 Å². The van der Waals surface area contributed by atoms with E-state index >= 15 is 0 Å². The maximum Gasteiger partial charge on any atom is 0.228 e. The quantitative estimate of drug-likeness (QED) is 0.841. The zero-order valence-corrected chi connectivity index (χ0v) is 15.2. The number of hydrogen-bond acceptors (Lipinski definition) is 8. The van der Waals surface area contributed by atoms with Crippen LogP contribution in [0.5, 0.6) is 0 Å². The fourth-order valence-electron chi connectivity index (χ4n) is 3.97. The Kier molecular flexibility index (Phi) is 3.77. The molecule has 1 aliphatic carbocycles. The number of nitrogens with zero attached hydrogens (tertiary/aromatic N) is 6. The van der Waals surface area contributed by atoms with E-state index in [1.165, 1.54) is 12.8 Å². The minimum atomic E-state index is -0.714. The van der Waals surface area contributed by atoms with Gasteiger partial charge in [-0.05, 0) is 18.8 Å². The Labute approximate surface area is 154 Å². The Bertz CT molecular complexity index is 843. The van der Waals surface area contributed by atoms with Crippen molar-refractivity contribution in [1.29, 1.82) is 0 Å². The molecular formula is C17H21N7OS. The van der Waals surface area contributed by atoms with Gasteiger partial charge in [0.05, 0.1) is 5.69 Å². The molecule has 2 aromatic rings. The monoisotopic (exact) mass is 371 g/mol. The second-order valence-electron chi connectivity index (χ2n) is 7.22. The highest BCUT2D eigenvalue weighted by Gasteiger charge is 2.44. The number of hydrogen-bond donors (Lipinski definition) is 1. The largest absolute Gasteiger partial charge is 0.368 e. The molecule has 136 valence electrons. The van der Waals surface area contributed by atoms with Crippen molar-refractivity contribution in [2.75, 3.05) is 46.7 Å². The summed E-state index contributed by atoms with van der Waals surface area (Å²) in [5.41, 5.74) is 7.25. The summed E-state index contributed by atoms with van der Waals surface area (Å²) in [4.78, 5) is 22.4. The summed E-state index contributed by atoms with van der Waals surface area (Å²) in [6, 6.07) is 2.55. The van der Waals surface area contributed by atoms with Gasteiger partial charge in [0, 0.05) is 72.0 Å². The topological polar surface area (TPSA) is 101 Å². The van der Waals surface area contributed by atoms with E-state index in [1.807, 2.05) is 6.07 Å². The van der Waals surface area contributed by atoms with Gasteiger partial charge in [0.25, 0.3) is 0 Å². The lowest BCUT2D eigenvalue weighted by atomic mass is 9.86. The predicted octanol–water partition coefficient (Wildman–Crippen LogP) is 0.683. The molecule has 2 bridgehead atoms. The van der Waals surface area contributed by atoms with Crippen molar-refractivity contribution in [1.82, 2.24) is 19.9 Å². The lowest BCUT2D eigenvalue weighted by Gasteiger charge is -2.30. The number of anilines is 3. The summed E-state index contributed by atoms with van der Waals surface area (Å²) in [7, 11) is -0.714. The fourth-order valence-corrected chi connectivity index (χ4v) is 5.03. The molecule has 6 rings (SSSR count). The van der Waals surface area contributed by atoms with E-state index in [0.29, 0.717) is 17.5 Å². The summed E-state index contributed by atoms with van der Waals surface area (Å²) in [5, 5.41) is 0. The Morgan fingerprint density at radius 2 is 1.85 bits per heavy atom. The van der Waals surface area contributed by atoms with Gasteiger partial charge in [-0.1, -0.05) is 0 Å². The second-order valence-corrected chi connectivity index (χ2v) is 8.92. The third-order valence-corrected chi connectivity index (χ3v) is 6.81. The molecule has 4 aliphatic rings. The molecular weight excluding hydrogens is 350 g/mol. The van der Waals surface area contributed by atoms with Crippen LogP contribution in [0, 0.1) is 5.92 Å². The van der Waals surface area contributed by atoms with E-state index in [0.717, 1.165) is 48.6 Å². The number of nitrogens with two attached hydrogens (primary N) is 1. The number of aromatic nitrogens is 4. The highest BCUT2D eigenvalue weighted by Crippen LogP contribution is 2.42. The molecule has 26 heavy (non-hydrogen) atoms. The van der Waals surface area contributed by atoms with Crippen LogP contribution in [0.25, 0.3) is 11.3 Å². The maximum atomic E-state index is 11.7. The van der Waals surface area contributed by atoms with E-state index in [-0.39, 0.29) is 5.95 Å². The molecule has 0 atom stereocenters. The Hall–Kier alpha value is -2.29. The van der Waals surface area contributed by atoms with Crippen molar-refractivity contribution in [3.63, 3.8) is 0 Å². The first-order valence-corrected chi connectivity index (χ1v) is 10.5. The normalized spacial score (nSPS) is 25.4. The number of nitrogen functional groups attached to an aromatic ring is 1. The first-order chi connectivity index (χ1) is 12.7. The minimum absolute atomic E-state index is 0.252. The third-order valence-electron chi connectivity index (χ3n) is 5.53. The molecule has 1 saturated carbocycles. The standard InChI is InChI=1S/C17H21N7OS/c18-16-19-8-12(9-20-16)14-7-15(23-1-3-26(25)4-2-23)22-17(21-14)24-10-11-5-13(24)6-11/h7-9,11,13H,1-6,10H2,(H2,18,19,20). The highest BCUT2D eigenvalue weighted by atomic mass is 32.2. The SMILES string of the molecule is Nc1ncc(-c2cc(N3CCS(=O)CC3)nc(N3CC4CC3C4)n2)cn1. The summed E-state index contributed by atoms with van der Waals surface area (Å²) in [6.45, 7) is 2.55. The summed E-state index contributed by atoms with van der Waals surface area (Å²) in [5.74, 6) is 4.09. The summed E-state index contributed by atoms with van der Waals surface area (Å²) >= 11 is 0. The molecule has 0 spiro atoms. The Morgan fingerprint density at radius 1 is 1.12 bits per heavy atom. The van der Waals surface area contributed by atoms with Gasteiger partial charge in [0.15, 0.2) is 0 Å². The zero-order chi connectivity index (χ0) is 17.7. The lowest BCUT2D eigenvalue weighted by Crippen LogP contribution is -2.38. The van der Waals surface area contributed by atoms with Crippen LogP contribution in [0.1, 0.15) is 12.8 Å². The van der Waals surface area contributed by atoms with Crippen LogP contribution < -0.4 is 15.5 Å². The minimum Gasteiger partial charge on any atom is -0.368 e. The molecule has 8 nitrogen and oxygen atoms in total. The average Bonchev–Trinajstić information content (AvgIpc) is 3.24. The van der Waals surface area contributed by atoms with Crippen molar-refractivity contribution in [3.05, 3.63) is 18.5 Å². The van der Waals surface area contributed by atoms with Crippen LogP contribution in [0.4, 0.5) is 17.7 Å². The van der Waals surface area contributed by atoms with Crippen LogP contribution >= 0.6 is 0 Å². The van der Waals surface area contributed by atoms with Gasteiger partial charge < -0.3 is 15.5 Å². The van der Waals surface area contributed by atoms with Gasteiger partial charge in [-0.2, -0.15) is 4.98 Å². The van der Waals surface area contributed by atoms with Crippen molar-refractivity contribution in [3.8, 4) is 11.3 Å². The molecule has 0 unspecified atom stereocenters. The van der Waals surface area contributed by atoms with Crippen molar-refractivity contribution < 1.29 is 4.21 Å².